The fourth-order valence-corrected chi connectivity index (χ4v) is 2.93. The van der Waals surface area contributed by atoms with E-state index in [0.717, 1.165) is 22.7 Å². The summed E-state index contributed by atoms with van der Waals surface area (Å²) < 4.78 is 10.4. The largest absolute Gasteiger partial charge is 0.497 e. The molecule has 5 nitrogen and oxygen atoms in total. The van der Waals surface area contributed by atoms with E-state index in [1.165, 1.54) is 6.33 Å². The summed E-state index contributed by atoms with van der Waals surface area (Å²) in [7, 11) is 3.10. The fourth-order valence-electron chi connectivity index (χ4n) is 2.13. The zero-order valence-corrected chi connectivity index (χ0v) is 13.5. The average molecular weight is 326 g/mol. The first-order valence-electron chi connectivity index (χ1n) is 6.86. The number of ether oxygens (including phenoxy) is 2. The summed E-state index contributed by atoms with van der Waals surface area (Å²) in [5.41, 5.74) is 1.30. The molecule has 0 aliphatic heterocycles. The third kappa shape index (κ3) is 3.27. The van der Waals surface area contributed by atoms with Crippen molar-refractivity contribution in [2.24, 2.45) is 0 Å². The molecule has 0 unspecified atom stereocenters. The smallest absolute Gasteiger partial charge is 0.225 e. The number of methoxy groups -OCH3 is 2. The predicted octanol–water partition coefficient (Wildman–Crippen LogP) is 3.58. The van der Waals surface area contributed by atoms with E-state index in [4.69, 9.17) is 9.47 Å². The molecule has 0 N–H and O–H groups in total. The second-order valence-electron chi connectivity index (χ2n) is 4.69. The van der Waals surface area contributed by atoms with Crippen molar-refractivity contribution in [3.05, 3.63) is 54.4 Å². The highest BCUT2D eigenvalue weighted by molar-refractivity contribution is 8.14. The summed E-state index contributed by atoms with van der Waals surface area (Å²) in [5, 5.41) is 1.34. The highest BCUT2D eigenvalue weighted by Gasteiger charge is 2.14. The molecule has 0 fully saturated rings. The summed E-state index contributed by atoms with van der Waals surface area (Å²) in [6, 6.07) is 12.7. The number of hydrogen-bond acceptors (Lipinski definition) is 6. The molecule has 116 valence electrons. The van der Waals surface area contributed by atoms with Crippen LogP contribution in [-0.4, -0.2) is 29.3 Å². The Hall–Kier alpha value is -2.60. The molecule has 0 atom stereocenters. The molecule has 1 aromatic heterocycles. The molecule has 0 saturated heterocycles. The zero-order valence-electron chi connectivity index (χ0n) is 12.6. The minimum absolute atomic E-state index is 0.133. The third-order valence-electron chi connectivity index (χ3n) is 3.28. The Labute approximate surface area is 137 Å². The van der Waals surface area contributed by atoms with Gasteiger partial charge in [-0.25, -0.2) is 9.97 Å². The number of thioether (sulfide) groups is 1. The number of rotatable bonds is 4. The Bertz CT molecular complexity index is 840. The molecule has 0 saturated carbocycles. The quantitative estimate of drug-likeness (QED) is 0.539. The molecule has 0 spiro atoms. The zero-order chi connectivity index (χ0) is 16.2. The lowest BCUT2D eigenvalue weighted by molar-refractivity contribution is 0.108. The molecule has 0 amide bonds. The van der Waals surface area contributed by atoms with Crippen molar-refractivity contribution >= 4 is 27.8 Å². The molecule has 2 aromatic carbocycles. The van der Waals surface area contributed by atoms with Crippen molar-refractivity contribution in [3.63, 3.8) is 0 Å². The van der Waals surface area contributed by atoms with E-state index < -0.39 is 0 Å². The van der Waals surface area contributed by atoms with Crippen LogP contribution in [0.5, 0.6) is 11.5 Å². The van der Waals surface area contributed by atoms with Crippen molar-refractivity contribution in [2.75, 3.05) is 14.2 Å². The van der Waals surface area contributed by atoms with Gasteiger partial charge in [-0.05, 0) is 30.0 Å². The van der Waals surface area contributed by atoms with E-state index in [9.17, 15) is 4.79 Å². The molecular formula is C17H14N2O3S. The second kappa shape index (κ2) is 6.66. The van der Waals surface area contributed by atoms with E-state index >= 15 is 0 Å². The minimum Gasteiger partial charge on any atom is -0.497 e. The molecule has 0 radical (unpaired) electrons. The summed E-state index contributed by atoms with van der Waals surface area (Å²) in [6.07, 6.45) is 1.46. The van der Waals surface area contributed by atoms with Gasteiger partial charge in [0, 0.05) is 17.0 Å². The van der Waals surface area contributed by atoms with Crippen LogP contribution in [0.1, 0.15) is 10.4 Å². The van der Waals surface area contributed by atoms with Gasteiger partial charge < -0.3 is 9.47 Å². The standard InChI is InChI=1S/C17H14N2O3S/c1-21-12-7-11(8-13(9-12)22-2)17(20)23-16-14-5-3-4-6-15(14)18-10-19-16/h3-10H,1-2H3. The van der Waals surface area contributed by atoms with E-state index in [2.05, 4.69) is 9.97 Å². The van der Waals surface area contributed by atoms with Crippen LogP contribution in [0.2, 0.25) is 0 Å². The Kier molecular flexibility index (Phi) is 4.43. The Balaban J connectivity index is 1.95. The lowest BCUT2D eigenvalue weighted by atomic mass is 10.2. The number of nitrogens with zero attached hydrogens (tertiary/aromatic N) is 2. The maximum Gasteiger partial charge on any atom is 0.225 e. The highest BCUT2D eigenvalue weighted by Crippen LogP contribution is 2.30. The van der Waals surface area contributed by atoms with Gasteiger partial charge in [-0.2, -0.15) is 0 Å². The molecule has 6 heteroatoms. The van der Waals surface area contributed by atoms with Crippen LogP contribution < -0.4 is 9.47 Å². The van der Waals surface area contributed by atoms with E-state index in [1.807, 2.05) is 24.3 Å². The van der Waals surface area contributed by atoms with Crippen LogP contribution in [0.3, 0.4) is 0 Å². The summed E-state index contributed by atoms with van der Waals surface area (Å²) in [6.45, 7) is 0. The predicted molar refractivity (Wildman–Crippen MR) is 89.3 cm³/mol. The van der Waals surface area contributed by atoms with Gasteiger partial charge >= 0.3 is 0 Å². The SMILES string of the molecule is COc1cc(OC)cc(C(=O)Sc2ncnc3ccccc23)c1. The molecule has 23 heavy (non-hydrogen) atoms. The number of aromatic nitrogens is 2. The van der Waals surface area contributed by atoms with Gasteiger partial charge in [0.1, 0.15) is 22.9 Å². The molecular weight excluding hydrogens is 312 g/mol. The van der Waals surface area contributed by atoms with Gasteiger partial charge in [-0.15, -0.1) is 0 Å². The van der Waals surface area contributed by atoms with Gasteiger partial charge in [-0.1, -0.05) is 18.2 Å². The first kappa shape index (κ1) is 15.3. The molecule has 0 aliphatic rings. The molecule has 3 rings (SSSR count). The topological polar surface area (TPSA) is 61.3 Å². The first-order valence-corrected chi connectivity index (χ1v) is 7.68. The van der Waals surface area contributed by atoms with Gasteiger partial charge in [-0.3, -0.25) is 4.79 Å². The molecule has 3 aromatic rings. The van der Waals surface area contributed by atoms with Crippen molar-refractivity contribution < 1.29 is 14.3 Å². The van der Waals surface area contributed by atoms with Gasteiger partial charge in [0.2, 0.25) is 5.12 Å². The number of hydrogen-bond donors (Lipinski definition) is 0. The van der Waals surface area contributed by atoms with Crippen molar-refractivity contribution in [3.8, 4) is 11.5 Å². The molecule has 1 heterocycles. The molecule has 0 aliphatic carbocycles. The van der Waals surface area contributed by atoms with Gasteiger partial charge in [0.05, 0.1) is 19.7 Å². The van der Waals surface area contributed by atoms with Crippen LogP contribution in [0.25, 0.3) is 10.9 Å². The van der Waals surface area contributed by atoms with Gasteiger partial charge in [0.15, 0.2) is 0 Å². The van der Waals surface area contributed by atoms with Crippen LogP contribution in [-0.2, 0) is 0 Å². The minimum atomic E-state index is -0.133. The van der Waals surface area contributed by atoms with Crippen LogP contribution in [0, 0.1) is 0 Å². The lowest BCUT2D eigenvalue weighted by Gasteiger charge is -2.08. The van der Waals surface area contributed by atoms with Crippen molar-refractivity contribution in [1.82, 2.24) is 9.97 Å². The first-order chi connectivity index (χ1) is 11.2. The summed E-state index contributed by atoms with van der Waals surface area (Å²) >= 11 is 1.06. The fraction of sp³-hybridized carbons (Fsp3) is 0.118. The Morgan fingerprint density at radius 2 is 1.70 bits per heavy atom. The maximum absolute atomic E-state index is 12.6. The maximum atomic E-state index is 12.6. The monoisotopic (exact) mass is 326 g/mol. The van der Waals surface area contributed by atoms with Crippen molar-refractivity contribution in [1.29, 1.82) is 0 Å². The Morgan fingerprint density at radius 1 is 1.00 bits per heavy atom. The van der Waals surface area contributed by atoms with E-state index in [-0.39, 0.29) is 5.12 Å². The molecule has 0 bridgehead atoms. The summed E-state index contributed by atoms with van der Waals surface area (Å²) in [4.78, 5) is 21.0. The van der Waals surface area contributed by atoms with E-state index in [1.54, 1.807) is 32.4 Å². The normalized spacial score (nSPS) is 10.5. The number of para-hydroxylation sites is 1. The average Bonchev–Trinajstić information content (AvgIpc) is 2.61. The van der Waals surface area contributed by atoms with Gasteiger partial charge in [0.25, 0.3) is 0 Å². The number of fused-ring (bicyclic) bond motifs is 1. The van der Waals surface area contributed by atoms with Crippen LogP contribution in [0.4, 0.5) is 0 Å². The van der Waals surface area contributed by atoms with Crippen LogP contribution >= 0.6 is 11.8 Å². The number of benzene rings is 2. The second-order valence-corrected chi connectivity index (χ2v) is 5.65. The van der Waals surface area contributed by atoms with Crippen molar-refractivity contribution in [2.45, 2.75) is 5.03 Å². The van der Waals surface area contributed by atoms with Crippen LogP contribution in [0.15, 0.2) is 53.8 Å². The Morgan fingerprint density at radius 3 is 2.39 bits per heavy atom. The summed E-state index contributed by atoms with van der Waals surface area (Å²) in [5.74, 6) is 1.14. The lowest BCUT2D eigenvalue weighted by Crippen LogP contribution is -1.98. The third-order valence-corrected chi connectivity index (χ3v) is 4.22. The number of carbonyl (C=O) groups is 1. The highest BCUT2D eigenvalue weighted by atomic mass is 32.2. The van der Waals surface area contributed by atoms with E-state index in [0.29, 0.717) is 22.1 Å². The number of carbonyl (C=O) groups excluding carboxylic acids is 1.